The van der Waals surface area contributed by atoms with Gasteiger partial charge in [-0.3, -0.25) is 0 Å². The van der Waals surface area contributed by atoms with Gasteiger partial charge in [-0.2, -0.15) is 0 Å². The molecule has 0 heterocycles. The summed E-state index contributed by atoms with van der Waals surface area (Å²) in [6.07, 6.45) is 0. The van der Waals surface area contributed by atoms with Crippen LogP contribution in [0.15, 0.2) is 47.4 Å². The Kier molecular flexibility index (Phi) is 4.82. The molecular weight excluding hydrogens is 315 g/mol. The maximum absolute atomic E-state index is 13.7. The van der Waals surface area contributed by atoms with Gasteiger partial charge in [-0.1, -0.05) is 23.7 Å². The molecule has 0 aliphatic rings. The van der Waals surface area contributed by atoms with Gasteiger partial charge in [-0.15, -0.1) is 0 Å². The van der Waals surface area contributed by atoms with Crippen molar-refractivity contribution >= 4 is 27.3 Å². The first-order valence-electron chi connectivity index (χ1n) is 6.14. The quantitative estimate of drug-likeness (QED) is 0.887. The zero-order chi connectivity index (χ0) is 15.5. The molecular formula is C14H14ClFN2O2S. The summed E-state index contributed by atoms with van der Waals surface area (Å²) in [6, 6.07) is 11.0. The molecule has 0 saturated heterocycles. The lowest BCUT2D eigenvalue weighted by Crippen LogP contribution is -2.18. The van der Waals surface area contributed by atoms with Crippen LogP contribution in [0.4, 0.5) is 10.1 Å². The zero-order valence-corrected chi connectivity index (χ0v) is 12.8. The lowest BCUT2D eigenvalue weighted by atomic mass is 10.2. The minimum Gasteiger partial charge on any atom is -0.381 e. The van der Waals surface area contributed by atoms with Crippen LogP contribution in [-0.2, 0) is 16.6 Å². The SMILES string of the molecule is CNS(=O)(=O)c1ccc(NCc2cccc(Cl)c2F)cc1. The number of nitrogens with one attached hydrogen (secondary N) is 2. The van der Waals surface area contributed by atoms with Gasteiger partial charge in [0.15, 0.2) is 0 Å². The van der Waals surface area contributed by atoms with Crippen LogP contribution in [0.5, 0.6) is 0 Å². The van der Waals surface area contributed by atoms with Gasteiger partial charge in [-0.05, 0) is 37.4 Å². The lowest BCUT2D eigenvalue weighted by Gasteiger charge is -2.09. The highest BCUT2D eigenvalue weighted by molar-refractivity contribution is 7.89. The van der Waals surface area contributed by atoms with E-state index in [1.807, 2.05) is 0 Å². The van der Waals surface area contributed by atoms with Crippen LogP contribution >= 0.6 is 11.6 Å². The van der Waals surface area contributed by atoms with E-state index in [2.05, 4.69) is 10.0 Å². The highest BCUT2D eigenvalue weighted by atomic mass is 35.5. The summed E-state index contributed by atoms with van der Waals surface area (Å²) in [4.78, 5) is 0.171. The Morgan fingerprint density at radius 2 is 1.81 bits per heavy atom. The van der Waals surface area contributed by atoms with E-state index in [-0.39, 0.29) is 16.5 Å². The summed E-state index contributed by atoms with van der Waals surface area (Å²) in [6.45, 7) is 0.254. The standard InChI is InChI=1S/C14H14ClFN2O2S/c1-17-21(19,20)12-7-5-11(6-8-12)18-9-10-3-2-4-13(15)14(10)16/h2-8,17-18H,9H2,1H3. The van der Waals surface area contributed by atoms with Crippen LogP contribution in [0.1, 0.15) is 5.56 Å². The molecule has 0 aliphatic heterocycles. The molecule has 21 heavy (non-hydrogen) atoms. The van der Waals surface area contributed by atoms with Gasteiger partial charge in [0.1, 0.15) is 5.82 Å². The maximum Gasteiger partial charge on any atom is 0.240 e. The van der Waals surface area contributed by atoms with Gasteiger partial charge < -0.3 is 5.32 Å². The Morgan fingerprint density at radius 1 is 1.14 bits per heavy atom. The summed E-state index contributed by atoms with van der Waals surface area (Å²) in [5.74, 6) is -0.457. The maximum atomic E-state index is 13.7. The number of benzene rings is 2. The molecule has 2 N–H and O–H groups in total. The Hall–Kier alpha value is -1.63. The van der Waals surface area contributed by atoms with Crippen molar-refractivity contribution in [1.82, 2.24) is 4.72 Å². The second-order valence-electron chi connectivity index (χ2n) is 4.30. The Morgan fingerprint density at radius 3 is 2.43 bits per heavy atom. The van der Waals surface area contributed by atoms with Crippen LogP contribution in [-0.4, -0.2) is 15.5 Å². The smallest absolute Gasteiger partial charge is 0.240 e. The molecule has 112 valence electrons. The molecule has 0 unspecified atom stereocenters. The normalized spacial score (nSPS) is 11.4. The summed E-state index contributed by atoms with van der Waals surface area (Å²) in [5, 5.41) is 3.09. The first kappa shape index (κ1) is 15.8. The predicted octanol–water partition coefficient (Wildman–Crippen LogP) is 3.00. The fourth-order valence-electron chi connectivity index (χ4n) is 1.75. The third kappa shape index (κ3) is 3.72. The zero-order valence-electron chi connectivity index (χ0n) is 11.2. The molecule has 4 nitrogen and oxygen atoms in total. The summed E-state index contributed by atoms with van der Waals surface area (Å²) < 4.78 is 39.1. The Balaban J connectivity index is 2.09. The fourth-order valence-corrected chi connectivity index (χ4v) is 2.68. The van der Waals surface area contributed by atoms with Crippen molar-refractivity contribution in [3.05, 3.63) is 58.9 Å². The van der Waals surface area contributed by atoms with Crippen molar-refractivity contribution in [2.24, 2.45) is 0 Å². The number of anilines is 1. The Bertz CT molecular complexity index is 733. The molecule has 2 aromatic rings. The van der Waals surface area contributed by atoms with E-state index in [1.165, 1.54) is 25.2 Å². The average molecular weight is 329 g/mol. The van der Waals surface area contributed by atoms with E-state index >= 15 is 0 Å². The van der Waals surface area contributed by atoms with Gasteiger partial charge in [-0.25, -0.2) is 17.5 Å². The van der Waals surface area contributed by atoms with Crippen LogP contribution in [0.3, 0.4) is 0 Å². The minimum atomic E-state index is -3.45. The molecule has 0 spiro atoms. The first-order chi connectivity index (χ1) is 9.94. The highest BCUT2D eigenvalue weighted by Gasteiger charge is 2.10. The number of rotatable bonds is 5. The second-order valence-corrected chi connectivity index (χ2v) is 6.59. The largest absolute Gasteiger partial charge is 0.381 e. The van der Waals surface area contributed by atoms with E-state index in [4.69, 9.17) is 11.6 Å². The monoisotopic (exact) mass is 328 g/mol. The third-order valence-electron chi connectivity index (χ3n) is 2.95. The van der Waals surface area contributed by atoms with E-state index < -0.39 is 15.8 Å². The summed E-state index contributed by atoms with van der Waals surface area (Å²) in [7, 11) is -2.10. The topological polar surface area (TPSA) is 58.2 Å². The van der Waals surface area contributed by atoms with E-state index in [1.54, 1.807) is 24.3 Å². The van der Waals surface area contributed by atoms with Gasteiger partial charge in [0.25, 0.3) is 0 Å². The minimum absolute atomic E-state index is 0.0739. The van der Waals surface area contributed by atoms with Crippen molar-refractivity contribution < 1.29 is 12.8 Å². The van der Waals surface area contributed by atoms with E-state index in [9.17, 15) is 12.8 Å². The third-order valence-corrected chi connectivity index (χ3v) is 4.67. The van der Waals surface area contributed by atoms with Crippen molar-refractivity contribution in [3.8, 4) is 0 Å². The molecule has 0 atom stereocenters. The van der Waals surface area contributed by atoms with Gasteiger partial charge in [0.05, 0.1) is 9.92 Å². The molecule has 2 rings (SSSR count). The molecule has 0 aliphatic carbocycles. The van der Waals surface area contributed by atoms with Crippen LogP contribution < -0.4 is 10.0 Å². The highest BCUT2D eigenvalue weighted by Crippen LogP contribution is 2.19. The summed E-state index contributed by atoms with van der Waals surface area (Å²) >= 11 is 5.71. The van der Waals surface area contributed by atoms with Crippen LogP contribution in [0.25, 0.3) is 0 Å². The van der Waals surface area contributed by atoms with Gasteiger partial charge in [0, 0.05) is 17.8 Å². The van der Waals surface area contributed by atoms with Crippen molar-refractivity contribution in [3.63, 3.8) is 0 Å². The molecule has 2 aromatic carbocycles. The Labute approximate surface area is 128 Å². The van der Waals surface area contributed by atoms with Crippen molar-refractivity contribution in [2.45, 2.75) is 11.4 Å². The van der Waals surface area contributed by atoms with Crippen LogP contribution in [0.2, 0.25) is 5.02 Å². The molecule has 0 saturated carbocycles. The number of hydrogen-bond donors (Lipinski definition) is 2. The van der Waals surface area contributed by atoms with E-state index in [0.29, 0.717) is 11.3 Å². The lowest BCUT2D eigenvalue weighted by molar-refractivity contribution is 0.588. The average Bonchev–Trinajstić information content (AvgIpc) is 2.49. The molecule has 7 heteroatoms. The van der Waals surface area contributed by atoms with Crippen LogP contribution in [0, 0.1) is 5.82 Å². The molecule has 0 bridgehead atoms. The predicted molar refractivity (Wildman–Crippen MR) is 81.4 cm³/mol. The van der Waals surface area contributed by atoms with Gasteiger partial charge >= 0.3 is 0 Å². The summed E-state index contributed by atoms with van der Waals surface area (Å²) in [5.41, 5.74) is 1.12. The fraction of sp³-hybridized carbons (Fsp3) is 0.143. The first-order valence-corrected chi connectivity index (χ1v) is 8.00. The number of hydrogen-bond acceptors (Lipinski definition) is 3. The molecule has 0 amide bonds. The second kappa shape index (κ2) is 6.43. The van der Waals surface area contributed by atoms with Crippen molar-refractivity contribution in [1.29, 1.82) is 0 Å². The van der Waals surface area contributed by atoms with E-state index in [0.717, 1.165) is 0 Å². The molecule has 0 fully saturated rings. The molecule has 0 radical (unpaired) electrons. The number of sulfonamides is 1. The van der Waals surface area contributed by atoms with Crippen molar-refractivity contribution in [2.75, 3.05) is 12.4 Å². The molecule has 0 aromatic heterocycles. The van der Waals surface area contributed by atoms with Gasteiger partial charge in [0.2, 0.25) is 10.0 Å². The number of halogens is 2.